The van der Waals surface area contributed by atoms with E-state index in [9.17, 15) is 5.11 Å². The third-order valence-electron chi connectivity index (χ3n) is 11.2. The van der Waals surface area contributed by atoms with Crippen molar-refractivity contribution in [2.45, 2.75) is 56.7 Å². The second-order valence-corrected chi connectivity index (χ2v) is 13.3. The average Bonchev–Trinajstić information content (AvgIpc) is 3.69. The van der Waals surface area contributed by atoms with Crippen LogP contribution in [-0.4, -0.2) is 70.0 Å². The van der Waals surface area contributed by atoms with E-state index in [1.165, 1.54) is 50.7 Å². The first-order chi connectivity index (χ1) is 20.0. The third kappa shape index (κ3) is 3.94. The van der Waals surface area contributed by atoms with Crippen molar-refractivity contribution in [3.8, 4) is 5.75 Å². The van der Waals surface area contributed by atoms with Gasteiger partial charge in [-0.15, -0.1) is 6.58 Å². The molecule has 2 aromatic heterocycles. The zero-order valence-corrected chi connectivity index (χ0v) is 24.5. The van der Waals surface area contributed by atoms with Crippen LogP contribution in [0.4, 0.5) is 0 Å². The van der Waals surface area contributed by atoms with Crippen LogP contribution in [0.15, 0.2) is 49.1 Å². The normalized spacial score (nSPS) is 29.1. The summed E-state index contributed by atoms with van der Waals surface area (Å²) in [7, 11) is 4.50. The van der Waals surface area contributed by atoms with Crippen molar-refractivity contribution >= 4 is 21.8 Å². The maximum Gasteiger partial charge on any atom is 0.122 e. The van der Waals surface area contributed by atoms with Gasteiger partial charge in [-0.05, 0) is 100 Å². The quantitative estimate of drug-likeness (QED) is 0.256. The van der Waals surface area contributed by atoms with E-state index in [0.717, 1.165) is 63.8 Å². The van der Waals surface area contributed by atoms with Gasteiger partial charge in [-0.3, -0.25) is 14.7 Å². The van der Waals surface area contributed by atoms with Gasteiger partial charge < -0.3 is 15.1 Å². The number of para-hydroxylation sites is 1. The fourth-order valence-electron chi connectivity index (χ4n) is 9.04. The molecule has 0 unspecified atom stereocenters. The molecule has 8 rings (SSSR count). The highest BCUT2D eigenvalue weighted by Crippen LogP contribution is 2.49. The highest BCUT2D eigenvalue weighted by atomic mass is 16.3. The predicted octanol–water partition coefficient (Wildman–Crippen LogP) is 6.46. The molecule has 0 spiro atoms. The number of H-pyrrole nitrogens is 2. The van der Waals surface area contributed by atoms with Crippen LogP contribution in [0.2, 0.25) is 0 Å². The molecule has 2 saturated heterocycles. The monoisotopic (exact) mass is 549 g/mol. The number of hydrogen-bond acceptors (Lipinski definition) is 4. The number of piperidine rings is 1. The van der Waals surface area contributed by atoms with Gasteiger partial charge in [0.2, 0.25) is 0 Å². The van der Waals surface area contributed by atoms with Crippen LogP contribution in [0.1, 0.15) is 71.9 Å². The van der Waals surface area contributed by atoms with Crippen molar-refractivity contribution < 1.29 is 5.11 Å². The van der Waals surface area contributed by atoms with E-state index < -0.39 is 0 Å². The average molecular weight is 550 g/mol. The Hall–Kier alpha value is -3.06. The van der Waals surface area contributed by atoms with Crippen LogP contribution in [0.5, 0.6) is 5.75 Å². The smallest absolute Gasteiger partial charge is 0.122 e. The van der Waals surface area contributed by atoms with Crippen LogP contribution in [0.3, 0.4) is 0 Å². The van der Waals surface area contributed by atoms with Gasteiger partial charge in [0.05, 0.1) is 17.6 Å². The van der Waals surface area contributed by atoms with Gasteiger partial charge in [-0.1, -0.05) is 24.3 Å². The van der Waals surface area contributed by atoms with E-state index in [0.29, 0.717) is 29.7 Å². The number of hydrogen-bond donors (Lipinski definition) is 3. The number of nitrogens with one attached hydrogen (secondary N) is 2. The standard InChI is InChI=1S/C35H43N5O/c1-4-21-20-40-17-14-26-24-11-12-31(41)32(28-10-7-15-38(28)2)35(24)37-34(26)30(40)19-22(21)18-29-33-25(13-16-39(29)3)23-8-5-6-9-27(23)36-33/h4-6,8-9,11-12,21-22,28-30,36-37,41H,1,7,10,13-20H2,2-3H3/t21-,22-,28-,29-,30-/m0/s1. The first kappa shape index (κ1) is 25.6. The fourth-order valence-corrected chi connectivity index (χ4v) is 9.04. The van der Waals surface area contributed by atoms with Gasteiger partial charge >= 0.3 is 0 Å². The SMILES string of the molecule is C=C[C@H]1CN2CCc3c([nH]c4c([C@@H]5CCCN5C)c(O)ccc34)[C@@H]2C[C@@H]1C[C@H]1c2[nH]c3ccccc3c2CCN1C. The largest absolute Gasteiger partial charge is 0.508 e. The molecule has 5 atom stereocenters. The number of aromatic hydroxyl groups is 1. The Balaban J connectivity index is 1.15. The Morgan fingerprint density at radius 1 is 0.927 bits per heavy atom. The molecule has 2 aromatic carbocycles. The number of aromatic nitrogens is 2. The summed E-state index contributed by atoms with van der Waals surface area (Å²) >= 11 is 0. The van der Waals surface area contributed by atoms with Gasteiger partial charge in [0, 0.05) is 58.9 Å². The molecule has 0 radical (unpaired) electrons. The Labute approximate surface area is 243 Å². The summed E-state index contributed by atoms with van der Waals surface area (Å²) in [6.45, 7) is 8.70. The number of likely N-dealkylation sites (N-methyl/N-ethyl adjacent to an activating group) is 1. The first-order valence-electron chi connectivity index (χ1n) is 15.7. The van der Waals surface area contributed by atoms with Crippen LogP contribution < -0.4 is 0 Å². The lowest BCUT2D eigenvalue weighted by molar-refractivity contribution is 0.0515. The van der Waals surface area contributed by atoms with Crippen molar-refractivity contribution in [1.82, 2.24) is 24.7 Å². The Kier molecular flexibility index (Phi) is 6.10. The zero-order valence-electron chi connectivity index (χ0n) is 24.5. The number of phenols is 1. The van der Waals surface area contributed by atoms with Crippen LogP contribution in [-0.2, 0) is 12.8 Å². The Morgan fingerprint density at radius 2 is 1.76 bits per heavy atom. The Bertz CT molecular complexity index is 1630. The second kappa shape index (κ2) is 9.75. The molecule has 41 heavy (non-hydrogen) atoms. The maximum absolute atomic E-state index is 11.1. The predicted molar refractivity (Wildman–Crippen MR) is 166 cm³/mol. The summed E-state index contributed by atoms with van der Waals surface area (Å²) in [4.78, 5) is 15.5. The molecular weight excluding hydrogens is 506 g/mol. The highest BCUT2D eigenvalue weighted by Gasteiger charge is 2.42. The van der Waals surface area contributed by atoms with E-state index in [1.807, 2.05) is 6.07 Å². The lowest BCUT2D eigenvalue weighted by Crippen LogP contribution is -2.46. The summed E-state index contributed by atoms with van der Waals surface area (Å²) in [5, 5.41) is 13.8. The molecular formula is C35H43N5O. The second-order valence-electron chi connectivity index (χ2n) is 13.3. The summed E-state index contributed by atoms with van der Waals surface area (Å²) < 4.78 is 0. The van der Waals surface area contributed by atoms with Crippen molar-refractivity contribution in [2.75, 3.05) is 40.3 Å². The molecule has 0 amide bonds. The van der Waals surface area contributed by atoms with Gasteiger partial charge in [0.25, 0.3) is 0 Å². The summed E-state index contributed by atoms with van der Waals surface area (Å²) in [5.41, 5.74) is 9.38. The van der Waals surface area contributed by atoms with Crippen LogP contribution in [0.25, 0.3) is 21.8 Å². The molecule has 2 fully saturated rings. The molecule has 6 nitrogen and oxygen atoms in total. The minimum Gasteiger partial charge on any atom is -0.508 e. The molecule has 4 aliphatic rings. The number of likely N-dealkylation sites (tertiary alicyclic amines) is 1. The molecule has 0 bridgehead atoms. The molecule has 0 aliphatic carbocycles. The minimum atomic E-state index is 0.284. The topological polar surface area (TPSA) is 61.5 Å². The van der Waals surface area contributed by atoms with E-state index >= 15 is 0 Å². The van der Waals surface area contributed by atoms with E-state index in [4.69, 9.17) is 0 Å². The maximum atomic E-state index is 11.1. The number of fused-ring (bicyclic) bond motifs is 8. The molecule has 214 valence electrons. The van der Waals surface area contributed by atoms with E-state index in [-0.39, 0.29) is 6.04 Å². The van der Waals surface area contributed by atoms with Crippen molar-refractivity contribution in [1.29, 1.82) is 0 Å². The van der Waals surface area contributed by atoms with Crippen molar-refractivity contribution in [3.05, 3.63) is 77.1 Å². The number of benzene rings is 2. The third-order valence-corrected chi connectivity index (χ3v) is 11.2. The molecule has 6 heteroatoms. The van der Waals surface area contributed by atoms with E-state index in [2.05, 4.69) is 81.7 Å². The van der Waals surface area contributed by atoms with Crippen molar-refractivity contribution in [3.63, 3.8) is 0 Å². The number of nitrogens with zero attached hydrogens (tertiary/aromatic N) is 3. The molecule has 6 heterocycles. The van der Waals surface area contributed by atoms with Gasteiger partial charge in [0.1, 0.15) is 5.75 Å². The Morgan fingerprint density at radius 3 is 2.59 bits per heavy atom. The van der Waals surface area contributed by atoms with Crippen LogP contribution in [0, 0.1) is 11.8 Å². The fraction of sp³-hybridized carbons (Fsp3) is 0.486. The zero-order chi connectivity index (χ0) is 27.8. The number of phenolic OH excluding ortho intramolecular Hbond substituents is 1. The molecule has 3 N–H and O–H groups in total. The van der Waals surface area contributed by atoms with Gasteiger partial charge in [-0.2, -0.15) is 0 Å². The number of aromatic amines is 2. The minimum absolute atomic E-state index is 0.284. The first-order valence-corrected chi connectivity index (χ1v) is 15.7. The molecule has 4 aliphatic heterocycles. The summed E-state index contributed by atoms with van der Waals surface area (Å²) in [5.74, 6) is 1.49. The summed E-state index contributed by atoms with van der Waals surface area (Å²) in [6, 6.07) is 14.0. The van der Waals surface area contributed by atoms with Gasteiger partial charge in [0.15, 0.2) is 0 Å². The van der Waals surface area contributed by atoms with Gasteiger partial charge in [-0.25, -0.2) is 0 Å². The molecule has 4 aromatic rings. The lowest BCUT2D eigenvalue weighted by atomic mass is 9.74. The van der Waals surface area contributed by atoms with Crippen LogP contribution >= 0.6 is 0 Å². The van der Waals surface area contributed by atoms with Crippen molar-refractivity contribution in [2.24, 2.45) is 11.8 Å². The lowest BCUT2D eigenvalue weighted by Gasteiger charge is -2.47. The number of rotatable bonds is 4. The highest BCUT2D eigenvalue weighted by molar-refractivity contribution is 5.90. The van der Waals surface area contributed by atoms with E-state index in [1.54, 1.807) is 0 Å². The molecule has 0 saturated carbocycles. The summed E-state index contributed by atoms with van der Waals surface area (Å²) in [6.07, 6.45) is 8.99.